The average Bonchev–Trinajstić information content (AvgIpc) is 3.65. The van der Waals surface area contributed by atoms with Gasteiger partial charge < -0.3 is 9.84 Å². The Labute approximate surface area is 224 Å². The molecule has 0 saturated heterocycles. The molecule has 2 aromatic carbocycles. The van der Waals surface area contributed by atoms with Crippen LogP contribution in [0.4, 0.5) is 9.52 Å². The standard InChI is InChI=1S/C26H20FN3O4S3/c1-2-34-17-11-9-15(10-12-17)21-20(22(31)19-8-5-13-35-19)23(32)24(33)30(21)25-28-29-26(37-25)36-14-16-6-3-4-7-18(16)27/h3-13,21,32H,2,14H2,1H3. The fourth-order valence-electron chi connectivity index (χ4n) is 3.92. The molecule has 7 nitrogen and oxygen atoms in total. The zero-order chi connectivity index (χ0) is 25.9. The van der Waals surface area contributed by atoms with Crippen molar-refractivity contribution in [1.29, 1.82) is 0 Å². The number of aromatic nitrogens is 2. The summed E-state index contributed by atoms with van der Waals surface area (Å²) >= 11 is 3.65. The smallest absolute Gasteiger partial charge is 0.296 e. The van der Waals surface area contributed by atoms with Crippen molar-refractivity contribution in [3.63, 3.8) is 0 Å². The van der Waals surface area contributed by atoms with Gasteiger partial charge in [-0.2, -0.15) is 0 Å². The Kier molecular flexibility index (Phi) is 7.36. The van der Waals surface area contributed by atoms with Gasteiger partial charge in [0.05, 0.1) is 23.1 Å². The molecule has 0 bridgehead atoms. The lowest BCUT2D eigenvalue weighted by atomic mass is 9.95. The number of aliphatic hydroxyl groups excluding tert-OH is 1. The first kappa shape index (κ1) is 25.1. The van der Waals surface area contributed by atoms with Gasteiger partial charge in [0, 0.05) is 5.75 Å². The molecule has 1 atom stereocenters. The van der Waals surface area contributed by atoms with Crippen LogP contribution < -0.4 is 9.64 Å². The highest BCUT2D eigenvalue weighted by atomic mass is 32.2. The number of benzene rings is 2. The van der Waals surface area contributed by atoms with E-state index in [1.54, 1.807) is 60.0 Å². The molecule has 2 aromatic heterocycles. The first-order chi connectivity index (χ1) is 18.0. The normalized spacial score (nSPS) is 15.5. The van der Waals surface area contributed by atoms with Crippen LogP contribution in [0.5, 0.6) is 5.75 Å². The van der Waals surface area contributed by atoms with Crippen molar-refractivity contribution in [3.8, 4) is 5.75 Å². The van der Waals surface area contributed by atoms with E-state index in [1.807, 2.05) is 6.92 Å². The molecule has 37 heavy (non-hydrogen) atoms. The highest BCUT2D eigenvalue weighted by molar-refractivity contribution is 8.00. The zero-order valence-corrected chi connectivity index (χ0v) is 21.9. The molecule has 1 N–H and O–H groups in total. The van der Waals surface area contributed by atoms with Gasteiger partial charge in [-0.1, -0.05) is 59.5 Å². The minimum atomic E-state index is -0.907. The minimum Gasteiger partial charge on any atom is -0.503 e. The Balaban J connectivity index is 1.49. The molecule has 1 amide bonds. The zero-order valence-electron chi connectivity index (χ0n) is 19.5. The second-order valence-electron chi connectivity index (χ2n) is 7.88. The number of carbonyl (C=O) groups is 2. The number of anilines is 1. The summed E-state index contributed by atoms with van der Waals surface area (Å²) in [7, 11) is 0. The number of thioether (sulfide) groups is 1. The summed E-state index contributed by atoms with van der Waals surface area (Å²) in [6.45, 7) is 2.37. The number of aliphatic hydroxyl groups is 1. The molecule has 188 valence electrons. The van der Waals surface area contributed by atoms with E-state index in [0.29, 0.717) is 38.5 Å². The maximum atomic E-state index is 14.0. The second-order valence-corrected chi connectivity index (χ2v) is 11.0. The Morgan fingerprint density at radius 2 is 1.92 bits per heavy atom. The molecule has 0 spiro atoms. The maximum absolute atomic E-state index is 14.0. The number of hydrogen-bond donors (Lipinski definition) is 1. The van der Waals surface area contributed by atoms with E-state index in [9.17, 15) is 19.1 Å². The number of amides is 1. The van der Waals surface area contributed by atoms with Gasteiger partial charge in [0.25, 0.3) is 5.91 Å². The molecule has 1 aliphatic rings. The second kappa shape index (κ2) is 10.8. The van der Waals surface area contributed by atoms with Crippen molar-refractivity contribution in [3.05, 3.63) is 99.2 Å². The fraction of sp³-hybridized carbons (Fsp3) is 0.154. The van der Waals surface area contributed by atoms with Crippen LogP contribution >= 0.6 is 34.4 Å². The Hall–Kier alpha value is -3.54. The lowest BCUT2D eigenvalue weighted by molar-refractivity contribution is -0.117. The van der Waals surface area contributed by atoms with Crippen LogP contribution in [-0.4, -0.2) is 33.6 Å². The Morgan fingerprint density at radius 1 is 1.14 bits per heavy atom. The summed E-state index contributed by atoms with van der Waals surface area (Å²) in [6.07, 6.45) is 0. The summed E-state index contributed by atoms with van der Waals surface area (Å²) in [5, 5.41) is 21.2. The topological polar surface area (TPSA) is 92.6 Å². The lowest BCUT2D eigenvalue weighted by Crippen LogP contribution is -2.31. The van der Waals surface area contributed by atoms with Crippen LogP contribution in [0, 0.1) is 5.82 Å². The third kappa shape index (κ3) is 5.02. The molecule has 11 heteroatoms. The molecule has 0 aliphatic carbocycles. The highest BCUT2D eigenvalue weighted by Gasteiger charge is 2.46. The van der Waals surface area contributed by atoms with Gasteiger partial charge >= 0.3 is 0 Å². The number of rotatable bonds is 9. The number of carbonyl (C=O) groups excluding carboxylic acids is 2. The van der Waals surface area contributed by atoms with Crippen LogP contribution in [0.3, 0.4) is 0 Å². The number of halogens is 1. The largest absolute Gasteiger partial charge is 0.503 e. The van der Waals surface area contributed by atoms with E-state index < -0.39 is 23.5 Å². The van der Waals surface area contributed by atoms with Gasteiger partial charge in [-0.15, -0.1) is 21.5 Å². The fourth-order valence-corrected chi connectivity index (χ4v) is 6.45. The molecule has 0 fully saturated rings. The van der Waals surface area contributed by atoms with Crippen LogP contribution in [0.1, 0.15) is 33.8 Å². The monoisotopic (exact) mass is 553 g/mol. The number of hydrogen-bond acceptors (Lipinski definition) is 9. The molecule has 4 aromatic rings. The Bertz CT molecular complexity index is 1470. The number of ketones is 1. The summed E-state index contributed by atoms with van der Waals surface area (Å²) in [6, 6.07) is 16.0. The van der Waals surface area contributed by atoms with Crippen molar-refractivity contribution in [2.24, 2.45) is 0 Å². The Morgan fingerprint density at radius 3 is 2.62 bits per heavy atom. The molecule has 3 heterocycles. The first-order valence-electron chi connectivity index (χ1n) is 11.2. The third-order valence-electron chi connectivity index (χ3n) is 5.62. The molecule has 5 rings (SSSR count). The third-order valence-corrected chi connectivity index (χ3v) is 8.59. The quantitative estimate of drug-likeness (QED) is 0.150. The van der Waals surface area contributed by atoms with E-state index in [-0.39, 0.29) is 16.5 Å². The highest BCUT2D eigenvalue weighted by Crippen LogP contribution is 2.44. The van der Waals surface area contributed by atoms with Crippen LogP contribution in [0.2, 0.25) is 0 Å². The number of ether oxygens (including phenoxy) is 1. The van der Waals surface area contributed by atoms with E-state index in [2.05, 4.69) is 10.2 Å². The van der Waals surface area contributed by atoms with Gasteiger partial charge in [0.1, 0.15) is 11.6 Å². The van der Waals surface area contributed by atoms with Gasteiger partial charge in [-0.05, 0) is 47.7 Å². The van der Waals surface area contributed by atoms with Crippen LogP contribution in [0.15, 0.2) is 81.7 Å². The van der Waals surface area contributed by atoms with Gasteiger partial charge in [0.15, 0.2) is 10.1 Å². The number of thiophene rings is 1. The minimum absolute atomic E-state index is 0.0210. The maximum Gasteiger partial charge on any atom is 0.296 e. The SMILES string of the molecule is CCOc1ccc(C2C(C(=O)c3cccs3)=C(O)C(=O)N2c2nnc(SCc3ccccc3F)s2)cc1. The summed E-state index contributed by atoms with van der Waals surface area (Å²) < 4.78 is 20.1. The number of nitrogens with zero attached hydrogens (tertiary/aromatic N) is 3. The molecular weight excluding hydrogens is 534 g/mol. The van der Waals surface area contributed by atoms with E-state index in [0.717, 1.165) is 11.3 Å². The lowest BCUT2D eigenvalue weighted by Gasteiger charge is -2.24. The number of Topliss-reactive ketones (excluding diaryl/α,β-unsaturated/α-hetero) is 1. The average molecular weight is 554 g/mol. The molecule has 0 radical (unpaired) electrons. The first-order valence-corrected chi connectivity index (χ1v) is 13.9. The van der Waals surface area contributed by atoms with Crippen LogP contribution in [0.25, 0.3) is 0 Å². The van der Waals surface area contributed by atoms with Gasteiger partial charge in [-0.3, -0.25) is 14.5 Å². The summed E-state index contributed by atoms with van der Waals surface area (Å²) in [5.41, 5.74) is 1.11. The van der Waals surface area contributed by atoms with E-state index in [4.69, 9.17) is 4.74 Å². The van der Waals surface area contributed by atoms with Gasteiger partial charge in [-0.25, -0.2) is 4.39 Å². The van der Waals surface area contributed by atoms with E-state index >= 15 is 0 Å². The van der Waals surface area contributed by atoms with Crippen molar-refractivity contribution < 1.29 is 23.8 Å². The van der Waals surface area contributed by atoms with E-state index in [1.165, 1.54) is 34.1 Å². The van der Waals surface area contributed by atoms with Crippen molar-refractivity contribution >= 4 is 51.3 Å². The molecule has 0 saturated carbocycles. The van der Waals surface area contributed by atoms with Crippen molar-refractivity contribution in [2.45, 2.75) is 23.1 Å². The summed E-state index contributed by atoms with van der Waals surface area (Å²) in [4.78, 5) is 28.4. The molecular formula is C26H20FN3O4S3. The predicted molar refractivity (Wildman–Crippen MR) is 142 cm³/mol. The molecule has 1 aliphatic heterocycles. The van der Waals surface area contributed by atoms with Crippen molar-refractivity contribution in [2.75, 3.05) is 11.5 Å². The van der Waals surface area contributed by atoms with Gasteiger partial charge in [0.2, 0.25) is 10.9 Å². The summed E-state index contributed by atoms with van der Waals surface area (Å²) in [5.74, 6) is -1.11. The van der Waals surface area contributed by atoms with Crippen LogP contribution in [-0.2, 0) is 10.5 Å². The molecule has 1 unspecified atom stereocenters. The predicted octanol–water partition coefficient (Wildman–Crippen LogP) is 6.21. The van der Waals surface area contributed by atoms with Crippen molar-refractivity contribution in [1.82, 2.24) is 10.2 Å².